The van der Waals surface area contributed by atoms with Crippen LogP contribution < -0.4 is 5.32 Å². The first kappa shape index (κ1) is 12.4. The van der Waals surface area contributed by atoms with Gasteiger partial charge in [-0.3, -0.25) is 0 Å². The third-order valence-electron chi connectivity index (χ3n) is 2.12. The van der Waals surface area contributed by atoms with Gasteiger partial charge in [0.25, 0.3) is 0 Å². The molecule has 0 aromatic carbocycles. The van der Waals surface area contributed by atoms with Crippen LogP contribution in [0.4, 0.5) is 0 Å². The van der Waals surface area contributed by atoms with Gasteiger partial charge in [0, 0.05) is 18.8 Å². The topological polar surface area (TPSA) is 55.6 Å². The molecule has 15 heavy (non-hydrogen) atoms. The minimum absolute atomic E-state index is 0.557. The number of tetrazole rings is 1. The normalized spacial score (nSPS) is 13.0. The van der Waals surface area contributed by atoms with Crippen molar-refractivity contribution in [3.8, 4) is 0 Å². The molecule has 0 bridgehead atoms. The fourth-order valence-corrected chi connectivity index (χ4v) is 2.35. The molecule has 1 atom stereocenters. The first-order chi connectivity index (χ1) is 7.27. The van der Waals surface area contributed by atoms with Crippen molar-refractivity contribution < 1.29 is 0 Å². The van der Waals surface area contributed by atoms with E-state index in [9.17, 15) is 0 Å². The molecule has 0 radical (unpaired) electrons. The summed E-state index contributed by atoms with van der Waals surface area (Å²) in [5, 5.41) is 15.7. The fraction of sp³-hybridized carbons (Fsp3) is 0.889. The number of hydrogen-bond donors (Lipinski definition) is 1. The average molecular weight is 229 g/mol. The largest absolute Gasteiger partial charge is 0.313 e. The van der Waals surface area contributed by atoms with E-state index in [0.717, 1.165) is 17.5 Å². The van der Waals surface area contributed by atoms with E-state index in [-0.39, 0.29) is 0 Å². The minimum atomic E-state index is 0.557. The molecule has 0 aliphatic carbocycles. The quantitative estimate of drug-likeness (QED) is 0.709. The van der Waals surface area contributed by atoms with Crippen LogP contribution in [-0.4, -0.2) is 38.5 Å². The molecule has 1 aromatic heterocycles. The van der Waals surface area contributed by atoms with Gasteiger partial charge in [-0.25, -0.2) is 4.68 Å². The van der Waals surface area contributed by atoms with Gasteiger partial charge in [0.05, 0.1) is 0 Å². The highest BCUT2D eigenvalue weighted by molar-refractivity contribution is 7.99. The van der Waals surface area contributed by atoms with Crippen LogP contribution in [0.2, 0.25) is 0 Å². The van der Waals surface area contributed by atoms with Gasteiger partial charge < -0.3 is 5.32 Å². The summed E-state index contributed by atoms with van der Waals surface area (Å²) in [7, 11) is 1.87. The second-order valence-corrected chi connectivity index (χ2v) is 4.43. The Morgan fingerprint density at radius 2 is 2.27 bits per heavy atom. The summed E-state index contributed by atoms with van der Waals surface area (Å²) in [5.41, 5.74) is 0. The van der Waals surface area contributed by atoms with Crippen molar-refractivity contribution in [2.75, 3.05) is 12.3 Å². The second-order valence-electron chi connectivity index (χ2n) is 3.44. The third-order valence-corrected chi connectivity index (χ3v) is 3.30. The predicted molar refractivity (Wildman–Crippen MR) is 61.9 cm³/mol. The van der Waals surface area contributed by atoms with Crippen LogP contribution in [0.15, 0.2) is 5.16 Å². The van der Waals surface area contributed by atoms with Crippen LogP contribution in [0.5, 0.6) is 0 Å². The maximum absolute atomic E-state index is 3.95. The number of aromatic nitrogens is 4. The van der Waals surface area contributed by atoms with Crippen molar-refractivity contribution in [2.24, 2.45) is 7.05 Å². The van der Waals surface area contributed by atoms with Gasteiger partial charge in [-0.15, -0.1) is 5.10 Å². The van der Waals surface area contributed by atoms with E-state index in [1.807, 2.05) is 7.05 Å². The highest BCUT2D eigenvalue weighted by Crippen LogP contribution is 2.15. The molecule has 0 amide bonds. The highest BCUT2D eigenvalue weighted by atomic mass is 32.2. The summed E-state index contributed by atoms with van der Waals surface area (Å²) >= 11 is 1.71. The lowest BCUT2D eigenvalue weighted by molar-refractivity contribution is 0.530. The smallest absolute Gasteiger partial charge is 0.209 e. The maximum atomic E-state index is 3.95. The molecule has 0 aliphatic heterocycles. The van der Waals surface area contributed by atoms with E-state index >= 15 is 0 Å². The summed E-state index contributed by atoms with van der Waals surface area (Å²) < 4.78 is 1.71. The zero-order valence-electron chi connectivity index (χ0n) is 9.60. The lowest BCUT2D eigenvalue weighted by atomic mass is 10.2. The SMILES string of the molecule is CCCC(CSc1nnnn1C)NCC. The van der Waals surface area contributed by atoms with E-state index in [1.54, 1.807) is 16.4 Å². The van der Waals surface area contributed by atoms with Gasteiger partial charge in [-0.1, -0.05) is 32.0 Å². The monoisotopic (exact) mass is 229 g/mol. The minimum Gasteiger partial charge on any atom is -0.313 e. The Labute approximate surface area is 95.0 Å². The average Bonchev–Trinajstić information content (AvgIpc) is 2.61. The fourth-order valence-electron chi connectivity index (χ4n) is 1.40. The van der Waals surface area contributed by atoms with Gasteiger partial charge >= 0.3 is 0 Å². The van der Waals surface area contributed by atoms with Gasteiger partial charge in [-0.2, -0.15) is 0 Å². The first-order valence-corrected chi connectivity index (χ1v) is 6.35. The molecule has 1 rings (SSSR count). The molecule has 1 aromatic rings. The second kappa shape index (κ2) is 6.79. The van der Waals surface area contributed by atoms with E-state index in [2.05, 4.69) is 34.7 Å². The van der Waals surface area contributed by atoms with Crippen molar-refractivity contribution in [3.63, 3.8) is 0 Å². The Morgan fingerprint density at radius 1 is 1.47 bits per heavy atom. The predicted octanol–water partition coefficient (Wildman–Crippen LogP) is 1.08. The molecule has 1 heterocycles. The van der Waals surface area contributed by atoms with Crippen LogP contribution in [-0.2, 0) is 7.05 Å². The zero-order chi connectivity index (χ0) is 11.1. The Balaban J connectivity index is 2.36. The number of nitrogens with one attached hydrogen (secondary N) is 1. The van der Waals surface area contributed by atoms with Crippen LogP contribution in [0.1, 0.15) is 26.7 Å². The Morgan fingerprint density at radius 3 is 2.80 bits per heavy atom. The standard InChI is InChI=1S/C9H19N5S/c1-4-6-8(10-5-2)7-15-9-11-12-13-14(9)3/h8,10H,4-7H2,1-3H3. The lowest BCUT2D eigenvalue weighted by Gasteiger charge is -2.15. The van der Waals surface area contributed by atoms with Gasteiger partial charge in [0.15, 0.2) is 0 Å². The zero-order valence-corrected chi connectivity index (χ0v) is 10.4. The van der Waals surface area contributed by atoms with Gasteiger partial charge in [0.1, 0.15) is 0 Å². The van der Waals surface area contributed by atoms with Gasteiger partial charge in [-0.05, 0) is 23.4 Å². The van der Waals surface area contributed by atoms with Crippen LogP contribution in [0, 0.1) is 0 Å². The summed E-state index contributed by atoms with van der Waals surface area (Å²) in [6.07, 6.45) is 2.40. The van der Waals surface area contributed by atoms with Crippen LogP contribution in [0.25, 0.3) is 0 Å². The number of nitrogens with zero attached hydrogens (tertiary/aromatic N) is 4. The summed E-state index contributed by atoms with van der Waals surface area (Å²) in [5.74, 6) is 1.02. The molecule has 0 fully saturated rings. The van der Waals surface area contributed by atoms with Crippen molar-refractivity contribution in [2.45, 2.75) is 37.9 Å². The highest BCUT2D eigenvalue weighted by Gasteiger charge is 2.09. The number of aryl methyl sites for hydroxylation is 1. The molecular formula is C9H19N5S. The van der Waals surface area contributed by atoms with E-state index < -0.39 is 0 Å². The van der Waals surface area contributed by atoms with Gasteiger partial charge in [0.2, 0.25) is 5.16 Å². The van der Waals surface area contributed by atoms with E-state index in [4.69, 9.17) is 0 Å². The summed E-state index contributed by atoms with van der Waals surface area (Å²) in [6, 6.07) is 0.557. The van der Waals surface area contributed by atoms with Crippen molar-refractivity contribution in [1.82, 2.24) is 25.5 Å². The third kappa shape index (κ3) is 4.17. The molecule has 0 spiro atoms. The van der Waals surface area contributed by atoms with Crippen molar-refractivity contribution in [1.29, 1.82) is 0 Å². The number of thioether (sulfide) groups is 1. The van der Waals surface area contributed by atoms with E-state index in [0.29, 0.717) is 6.04 Å². The number of rotatable bonds is 7. The molecule has 6 heteroatoms. The molecule has 0 saturated carbocycles. The van der Waals surface area contributed by atoms with Crippen LogP contribution >= 0.6 is 11.8 Å². The van der Waals surface area contributed by atoms with Crippen molar-refractivity contribution in [3.05, 3.63) is 0 Å². The molecule has 0 aliphatic rings. The summed E-state index contributed by atoms with van der Waals surface area (Å²) in [6.45, 7) is 5.36. The van der Waals surface area contributed by atoms with Crippen molar-refractivity contribution >= 4 is 11.8 Å². The first-order valence-electron chi connectivity index (χ1n) is 5.36. The molecule has 1 N–H and O–H groups in total. The molecule has 5 nitrogen and oxygen atoms in total. The Hall–Kier alpha value is -0.620. The molecule has 1 unspecified atom stereocenters. The molecular weight excluding hydrogens is 210 g/mol. The van der Waals surface area contributed by atoms with E-state index in [1.165, 1.54) is 12.8 Å². The number of hydrogen-bond acceptors (Lipinski definition) is 5. The molecule has 86 valence electrons. The maximum Gasteiger partial charge on any atom is 0.209 e. The Kier molecular flexibility index (Phi) is 5.63. The van der Waals surface area contributed by atoms with Crippen LogP contribution in [0.3, 0.4) is 0 Å². The molecule has 0 saturated heterocycles. The lowest BCUT2D eigenvalue weighted by Crippen LogP contribution is -2.31. The summed E-state index contributed by atoms with van der Waals surface area (Å²) in [4.78, 5) is 0. The Bertz CT molecular complexity index is 269.